The molecule has 0 bridgehead atoms. The van der Waals surface area contributed by atoms with E-state index in [0.29, 0.717) is 11.6 Å². The van der Waals surface area contributed by atoms with E-state index in [1.807, 2.05) is 6.92 Å². The number of hydrogen-bond acceptors (Lipinski definition) is 4. The van der Waals surface area contributed by atoms with Crippen LogP contribution in [-0.4, -0.2) is 61.6 Å². The molecular formula is C16H25N5O2. The fourth-order valence-corrected chi connectivity index (χ4v) is 2.61. The lowest BCUT2D eigenvalue weighted by atomic mass is 10.1. The van der Waals surface area contributed by atoms with Crippen molar-refractivity contribution in [3.8, 4) is 0 Å². The number of amides is 1. The summed E-state index contributed by atoms with van der Waals surface area (Å²) in [5, 5.41) is 6.03. The quantitative estimate of drug-likeness (QED) is 0.603. The summed E-state index contributed by atoms with van der Waals surface area (Å²) in [4.78, 5) is 22.6. The number of likely N-dealkylation sites (tertiary alicyclic amines) is 1. The first-order valence-electron chi connectivity index (χ1n) is 7.95. The molecule has 7 nitrogen and oxygen atoms in total. The number of nitrogens with zero attached hydrogens (tertiary/aromatic N) is 3. The molecule has 23 heavy (non-hydrogen) atoms. The average molecular weight is 319 g/mol. The predicted molar refractivity (Wildman–Crippen MR) is 90.4 cm³/mol. The molecule has 2 heterocycles. The Morgan fingerprint density at radius 3 is 3.13 bits per heavy atom. The first-order valence-corrected chi connectivity index (χ1v) is 7.95. The van der Waals surface area contributed by atoms with Crippen molar-refractivity contribution in [2.75, 3.05) is 45.2 Å². The van der Waals surface area contributed by atoms with Gasteiger partial charge in [0.2, 0.25) is 5.91 Å². The number of aromatic nitrogens is 1. The number of rotatable bonds is 6. The number of anilines is 1. The number of hydrogen-bond donors (Lipinski definition) is 2. The first-order chi connectivity index (χ1) is 11.2. The fraction of sp³-hybridized carbons (Fsp3) is 0.562. The number of carbonyl (C=O) groups is 1. The molecule has 0 radical (unpaired) electrons. The number of methoxy groups -OCH3 is 1. The summed E-state index contributed by atoms with van der Waals surface area (Å²) in [5.74, 6) is 1.15. The van der Waals surface area contributed by atoms with E-state index in [0.717, 1.165) is 38.6 Å². The Kier molecular flexibility index (Phi) is 6.80. The van der Waals surface area contributed by atoms with Gasteiger partial charge in [-0.3, -0.25) is 9.78 Å². The van der Waals surface area contributed by atoms with Crippen LogP contribution in [0.15, 0.2) is 29.5 Å². The van der Waals surface area contributed by atoms with E-state index in [1.165, 1.54) is 0 Å². The zero-order valence-corrected chi connectivity index (χ0v) is 13.8. The van der Waals surface area contributed by atoms with Crippen molar-refractivity contribution in [1.82, 2.24) is 15.2 Å². The van der Waals surface area contributed by atoms with Gasteiger partial charge in [0.15, 0.2) is 5.96 Å². The molecule has 0 aromatic carbocycles. The second-order valence-corrected chi connectivity index (χ2v) is 5.52. The van der Waals surface area contributed by atoms with Gasteiger partial charge < -0.3 is 20.3 Å². The molecule has 0 aliphatic carbocycles. The molecule has 1 aromatic rings. The molecular weight excluding hydrogens is 294 g/mol. The zero-order valence-electron chi connectivity index (χ0n) is 13.8. The Morgan fingerprint density at radius 2 is 2.43 bits per heavy atom. The van der Waals surface area contributed by atoms with E-state index in [1.54, 1.807) is 31.6 Å². The molecule has 1 aliphatic heterocycles. The van der Waals surface area contributed by atoms with E-state index in [9.17, 15) is 4.79 Å². The van der Waals surface area contributed by atoms with Crippen LogP contribution in [-0.2, 0) is 9.53 Å². The Balaban J connectivity index is 1.89. The highest BCUT2D eigenvalue weighted by molar-refractivity contribution is 5.93. The van der Waals surface area contributed by atoms with Crippen LogP contribution < -0.4 is 10.6 Å². The molecule has 2 N–H and O–H groups in total. The van der Waals surface area contributed by atoms with Gasteiger partial charge in [0.1, 0.15) is 6.54 Å². The highest BCUT2D eigenvalue weighted by atomic mass is 16.5. The van der Waals surface area contributed by atoms with Crippen molar-refractivity contribution in [3.63, 3.8) is 0 Å². The highest BCUT2D eigenvalue weighted by Gasteiger charge is 2.24. The van der Waals surface area contributed by atoms with Crippen LogP contribution in [0.25, 0.3) is 0 Å². The molecule has 1 amide bonds. The van der Waals surface area contributed by atoms with Gasteiger partial charge in [-0.1, -0.05) is 0 Å². The highest BCUT2D eigenvalue weighted by Crippen LogP contribution is 2.16. The van der Waals surface area contributed by atoms with Crippen molar-refractivity contribution in [1.29, 1.82) is 0 Å². The van der Waals surface area contributed by atoms with Crippen LogP contribution in [0, 0.1) is 5.92 Å². The van der Waals surface area contributed by atoms with Crippen molar-refractivity contribution >= 4 is 17.6 Å². The summed E-state index contributed by atoms with van der Waals surface area (Å²) in [6, 6.07) is 3.58. The van der Waals surface area contributed by atoms with Gasteiger partial charge in [0.05, 0.1) is 18.5 Å². The lowest BCUT2D eigenvalue weighted by Gasteiger charge is -2.21. The van der Waals surface area contributed by atoms with Crippen molar-refractivity contribution in [2.45, 2.75) is 13.3 Å². The molecule has 1 aliphatic rings. The Hall–Kier alpha value is -2.15. The van der Waals surface area contributed by atoms with Crippen molar-refractivity contribution in [2.24, 2.45) is 10.9 Å². The summed E-state index contributed by atoms with van der Waals surface area (Å²) >= 11 is 0. The van der Waals surface area contributed by atoms with Gasteiger partial charge in [0.25, 0.3) is 0 Å². The number of pyridine rings is 1. The van der Waals surface area contributed by atoms with Gasteiger partial charge in [-0.2, -0.15) is 0 Å². The fourth-order valence-electron chi connectivity index (χ4n) is 2.61. The minimum Gasteiger partial charge on any atom is -0.384 e. The smallest absolute Gasteiger partial charge is 0.246 e. The molecule has 1 saturated heterocycles. The van der Waals surface area contributed by atoms with E-state index in [4.69, 9.17) is 4.74 Å². The third-order valence-electron chi connectivity index (χ3n) is 3.64. The minimum atomic E-state index is -0.152. The topological polar surface area (TPSA) is 78.8 Å². The van der Waals surface area contributed by atoms with Gasteiger partial charge >= 0.3 is 0 Å². The maximum absolute atomic E-state index is 12.0. The predicted octanol–water partition coefficient (Wildman–Crippen LogP) is 0.954. The van der Waals surface area contributed by atoms with E-state index in [2.05, 4.69) is 25.5 Å². The summed E-state index contributed by atoms with van der Waals surface area (Å²) < 4.78 is 5.22. The molecule has 7 heteroatoms. The summed E-state index contributed by atoms with van der Waals surface area (Å²) in [7, 11) is 1.73. The molecule has 2 rings (SSSR count). The van der Waals surface area contributed by atoms with Gasteiger partial charge in [0, 0.05) is 38.9 Å². The van der Waals surface area contributed by atoms with Crippen molar-refractivity contribution < 1.29 is 9.53 Å². The van der Waals surface area contributed by atoms with Crippen LogP contribution in [0.5, 0.6) is 0 Å². The van der Waals surface area contributed by atoms with Gasteiger partial charge in [-0.15, -0.1) is 0 Å². The molecule has 1 atom stereocenters. The normalized spacial score (nSPS) is 18.1. The molecule has 0 saturated carbocycles. The molecule has 1 unspecified atom stereocenters. The zero-order chi connectivity index (χ0) is 16.5. The number of aliphatic imine (C=N–C) groups is 1. The van der Waals surface area contributed by atoms with Crippen LogP contribution in [0.1, 0.15) is 13.3 Å². The van der Waals surface area contributed by atoms with Gasteiger partial charge in [-0.25, -0.2) is 4.99 Å². The third kappa shape index (κ3) is 5.52. The maximum Gasteiger partial charge on any atom is 0.246 e. The number of nitrogens with one attached hydrogen (secondary N) is 2. The Morgan fingerprint density at radius 1 is 1.57 bits per heavy atom. The number of guanidine groups is 1. The minimum absolute atomic E-state index is 0.0860. The summed E-state index contributed by atoms with van der Waals surface area (Å²) in [6.07, 6.45) is 4.36. The Labute approximate surface area is 137 Å². The van der Waals surface area contributed by atoms with Crippen LogP contribution in [0.2, 0.25) is 0 Å². The standard InChI is InChI=1S/C16H25N5O2/c1-3-18-16(21-8-6-13(11-21)12-23-2)19-10-15(22)20-14-5-4-7-17-9-14/h4-5,7,9,13H,3,6,8,10-12H2,1-2H3,(H,18,19)(H,20,22). The monoisotopic (exact) mass is 319 g/mol. The van der Waals surface area contributed by atoms with Crippen LogP contribution in [0.3, 0.4) is 0 Å². The second kappa shape index (κ2) is 9.09. The first kappa shape index (κ1) is 17.2. The summed E-state index contributed by atoms with van der Waals surface area (Å²) in [5.41, 5.74) is 0.680. The van der Waals surface area contributed by atoms with E-state index >= 15 is 0 Å². The SMILES string of the molecule is CCNC(=NCC(=O)Nc1cccnc1)N1CCC(COC)C1. The van der Waals surface area contributed by atoms with E-state index in [-0.39, 0.29) is 12.5 Å². The van der Waals surface area contributed by atoms with Crippen LogP contribution in [0.4, 0.5) is 5.69 Å². The largest absolute Gasteiger partial charge is 0.384 e. The molecule has 1 aromatic heterocycles. The average Bonchev–Trinajstić information content (AvgIpc) is 3.01. The third-order valence-corrected chi connectivity index (χ3v) is 3.64. The van der Waals surface area contributed by atoms with Crippen molar-refractivity contribution in [3.05, 3.63) is 24.5 Å². The lowest BCUT2D eigenvalue weighted by Crippen LogP contribution is -2.40. The van der Waals surface area contributed by atoms with Gasteiger partial charge in [-0.05, 0) is 25.5 Å². The molecule has 1 fully saturated rings. The molecule has 0 spiro atoms. The van der Waals surface area contributed by atoms with Crippen LogP contribution >= 0.6 is 0 Å². The second-order valence-electron chi connectivity index (χ2n) is 5.52. The van der Waals surface area contributed by atoms with E-state index < -0.39 is 0 Å². The number of carbonyl (C=O) groups excluding carboxylic acids is 1. The maximum atomic E-state index is 12.0. The molecule has 126 valence electrons. The number of ether oxygens (including phenoxy) is 1. The summed E-state index contributed by atoms with van der Waals surface area (Å²) in [6.45, 7) is 5.48. The lowest BCUT2D eigenvalue weighted by molar-refractivity contribution is -0.114. The Bertz CT molecular complexity index is 520.